The van der Waals surface area contributed by atoms with Crippen molar-refractivity contribution >= 4 is 65.0 Å². The third-order valence-corrected chi connectivity index (χ3v) is 16.1. The van der Waals surface area contributed by atoms with Crippen LogP contribution in [0, 0.1) is 5.92 Å². The zero-order valence-corrected chi connectivity index (χ0v) is 45.7. The van der Waals surface area contributed by atoms with Crippen molar-refractivity contribution in [2.75, 3.05) is 45.8 Å². The van der Waals surface area contributed by atoms with Gasteiger partial charge in [0.05, 0.1) is 19.2 Å². The predicted molar refractivity (Wildman–Crippen MR) is 275 cm³/mol. The number of likely N-dealkylation sites (tertiary alicyclic amines) is 5. The summed E-state index contributed by atoms with van der Waals surface area (Å²) in [5, 5.41) is 35.9. The van der Waals surface area contributed by atoms with Crippen molar-refractivity contribution < 1.29 is 74.0 Å². The smallest absolute Gasteiger partial charge is 0.326 e. The molecule has 0 aromatic rings. The summed E-state index contributed by atoms with van der Waals surface area (Å²) < 4.78 is 0. The maximum absolute atomic E-state index is 14.6. The van der Waals surface area contributed by atoms with Gasteiger partial charge in [0.2, 0.25) is 53.2 Å². The lowest BCUT2D eigenvalue weighted by Crippen LogP contribution is -2.89. The molecule has 6 heterocycles. The molecule has 430 valence electrons. The Morgan fingerprint density at radius 2 is 1.01 bits per heavy atom. The van der Waals surface area contributed by atoms with Crippen LogP contribution in [0.15, 0.2) is 0 Å². The lowest BCUT2D eigenvalue weighted by Gasteiger charge is -2.33. The van der Waals surface area contributed by atoms with Crippen molar-refractivity contribution in [1.29, 1.82) is 0 Å². The van der Waals surface area contributed by atoms with Gasteiger partial charge in [0.15, 0.2) is 6.04 Å². The average Bonchev–Trinajstić information content (AvgIpc) is 4.27. The first-order chi connectivity index (χ1) is 36.6. The van der Waals surface area contributed by atoms with Crippen molar-refractivity contribution in [3.63, 3.8) is 0 Å². The van der Waals surface area contributed by atoms with Crippen LogP contribution >= 0.6 is 0 Å². The van der Waals surface area contributed by atoms with Gasteiger partial charge in [-0.2, -0.15) is 0 Å². The Morgan fingerprint density at radius 3 is 1.55 bits per heavy atom. The highest BCUT2D eigenvalue weighted by atomic mass is 16.4. The number of nitrogens with one attached hydrogen (secondary N) is 5. The fourth-order valence-corrected chi connectivity index (χ4v) is 12.0. The van der Waals surface area contributed by atoms with Gasteiger partial charge in [0, 0.05) is 45.6 Å². The van der Waals surface area contributed by atoms with Gasteiger partial charge < -0.3 is 72.3 Å². The molecule has 6 fully saturated rings. The first kappa shape index (κ1) is 60.3. The van der Waals surface area contributed by atoms with Crippen LogP contribution in [0.5, 0.6) is 0 Å². The van der Waals surface area contributed by atoms with Crippen LogP contribution in [0.3, 0.4) is 0 Å². The third kappa shape index (κ3) is 14.8. The van der Waals surface area contributed by atoms with Crippen LogP contribution in [0.25, 0.3) is 0 Å². The van der Waals surface area contributed by atoms with Gasteiger partial charge in [0.1, 0.15) is 60.4 Å². The molecule has 0 unspecified atom stereocenters. The molecule has 0 aromatic heterocycles. The molecule has 25 heteroatoms. The maximum atomic E-state index is 14.6. The van der Waals surface area contributed by atoms with E-state index in [-0.39, 0.29) is 69.1 Å². The Morgan fingerprint density at radius 1 is 0.519 bits per heavy atom. The Hall–Kier alpha value is -5.95. The number of aliphatic hydroxyl groups excluding tert-OH is 1. The lowest BCUT2D eigenvalue weighted by atomic mass is 10.0. The fourth-order valence-electron chi connectivity index (χ4n) is 12.0. The van der Waals surface area contributed by atoms with Gasteiger partial charge in [-0.3, -0.25) is 47.9 Å². The van der Waals surface area contributed by atoms with Gasteiger partial charge in [-0.05, 0) is 117 Å². The SMILES string of the molecule is CC(C)C[C@H](NC(=O)[C@@H](NC(=O)[C@@H]1CCCN1C(=O)[C@@H]1CCCN1C(=O)[C@@H]1CCC[NH2+]1)[C@@H](C)O)C(=O)N1CCC[C@H]1C(=O)N[C@@H](CCCC[NH3+])C(=O)N1CCC[C@H]1C(=O)N[C@@H](C)C(=O)N[C@@H](C)C(=O)N1CCC[C@H]1C(=O)O. The van der Waals surface area contributed by atoms with E-state index in [9.17, 15) is 63.0 Å². The van der Waals surface area contributed by atoms with Crippen LogP contribution in [0.4, 0.5) is 0 Å². The highest BCUT2D eigenvalue weighted by molar-refractivity contribution is 5.99. The second-order valence-electron chi connectivity index (χ2n) is 22.3. The number of carbonyl (C=O) groups is 11. The molecule has 0 aromatic carbocycles. The molecule has 0 radical (unpaired) electrons. The summed E-state index contributed by atoms with van der Waals surface area (Å²) in [4.78, 5) is 158. The van der Waals surface area contributed by atoms with E-state index < -0.39 is 120 Å². The van der Waals surface area contributed by atoms with Crippen molar-refractivity contribution in [2.45, 2.75) is 210 Å². The first-order valence-electron chi connectivity index (χ1n) is 28.2. The van der Waals surface area contributed by atoms with Crippen LogP contribution in [0.2, 0.25) is 0 Å². The molecule has 12 N–H and O–H groups in total. The number of quaternary nitrogens is 2. The Kier molecular flexibility index (Phi) is 21.6. The molecule has 0 spiro atoms. The summed E-state index contributed by atoms with van der Waals surface area (Å²) in [5.41, 5.74) is 3.90. The Bertz CT molecular complexity index is 2190. The van der Waals surface area contributed by atoms with E-state index in [1.165, 1.54) is 40.4 Å². The predicted octanol–water partition coefficient (Wildman–Crippen LogP) is -3.95. The number of nitrogens with two attached hydrogens (primary N) is 1. The topological polar surface area (TPSA) is 349 Å². The molecule has 77 heavy (non-hydrogen) atoms. The van der Waals surface area contributed by atoms with E-state index in [4.69, 9.17) is 0 Å². The van der Waals surface area contributed by atoms with E-state index in [2.05, 4.69) is 32.3 Å². The number of carboxylic acid groups (broad SMARTS) is 1. The van der Waals surface area contributed by atoms with E-state index in [1.54, 1.807) is 4.90 Å². The van der Waals surface area contributed by atoms with E-state index in [0.29, 0.717) is 83.8 Å². The van der Waals surface area contributed by atoms with Crippen LogP contribution in [0.1, 0.15) is 137 Å². The summed E-state index contributed by atoms with van der Waals surface area (Å²) in [7, 11) is 0. The monoisotopic (exact) mass is 1090 g/mol. The molecular formula is C52H86N12O13+2. The van der Waals surface area contributed by atoms with Crippen molar-refractivity contribution in [3.05, 3.63) is 0 Å². The summed E-state index contributed by atoms with van der Waals surface area (Å²) in [6, 6.07) is -10.8. The van der Waals surface area contributed by atoms with Crippen molar-refractivity contribution in [1.82, 2.24) is 51.1 Å². The molecule has 6 rings (SSSR count). The fraction of sp³-hybridized carbons (Fsp3) is 0.788. The molecule has 0 bridgehead atoms. The van der Waals surface area contributed by atoms with Crippen LogP contribution in [-0.4, -0.2) is 218 Å². The molecular weight excluding hydrogens is 1000 g/mol. The number of unbranched alkanes of at least 4 members (excludes halogenated alkanes) is 1. The van der Waals surface area contributed by atoms with Crippen LogP contribution in [-0.2, 0) is 52.7 Å². The third-order valence-electron chi connectivity index (χ3n) is 16.1. The normalized spacial score (nSPS) is 25.7. The molecule has 12 atom stereocenters. The quantitative estimate of drug-likeness (QED) is 0.0442. The minimum Gasteiger partial charge on any atom is -0.480 e. The number of carboxylic acids is 1. The van der Waals surface area contributed by atoms with Crippen molar-refractivity contribution in [3.8, 4) is 0 Å². The number of hydrogen-bond donors (Lipinski definition) is 9. The molecule has 6 saturated heterocycles. The average molecular weight is 1090 g/mol. The maximum Gasteiger partial charge on any atom is 0.326 e. The van der Waals surface area contributed by atoms with Crippen LogP contribution < -0.4 is 37.6 Å². The van der Waals surface area contributed by atoms with Gasteiger partial charge in [0.25, 0.3) is 5.91 Å². The lowest BCUT2D eigenvalue weighted by molar-refractivity contribution is -0.658. The second kappa shape index (κ2) is 27.6. The van der Waals surface area contributed by atoms with Gasteiger partial charge in [-0.1, -0.05) is 13.8 Å². The zero-order valence-electron chi connectivity index (χ0n) is 45.7. The second-order valence-corrected chi connectivity index (χ2v) is 22.3. The first-order valence-corrected chi connectivity index (χ1v) is 28.2. The Labute approximate surface area is 450 Å². The molecule has 25 nitrogen and oxygen atoms in total. The number of rotatable bonds is 23. The summed E-state index contributed by atoms with van der Waals surface area (Å²) in [6.07, 6.45) is 6.00. The summed E-state index contributed by atoms with van der Waals surface area (Å²) in [5.74, 6) is -6.64. The van der Waals surface area contributed by atoms with E-state index >= 15 is 0 Å². The summed E-state index contributed by atoms with van der Waals surface area (Å²) >= 11 is 0. The zero-order chi connectivity index (χ0) is 56.2. The van der Waals surface area contributed by atoms with Gasteiger partial charge in [-0.25, -0.2) is 4.79 Å². The summed E-state index contributed by atoms with van der Waals surface area (Å²) in [6.45, 7) is 10.7. The van der Waals surface area contributed by atoms with E-state index in [1.807, 2.05) is 19.2 Å². The number of carbonyl (C=O) groups excluding carboxylic acids is 10. The molecule has 10 amide bonds. The van der Waals surface area contributed by atoms with Gasteiger partial charge >= 0.3 is 5.97 Å². The standard InChI is InChI=1S/C52H84N12O13/c1-29(2)28-35(58-46(70)41(32(5)65)59-45(69)38-18-11-25-62(38)51(75)39-19-12-26-63(39)48(72)33-15-8-22-54-33)50(74)61-24-10-17-37(61)44(68)57-34(14-6-7-21-53)49(73)60-23-9-16-36(60)43(67)55-30(3)42(66)56-31(4)47(71)64-27-13-20-40(64)52(76)77/h29-41,54,65H,6-28,53H2,1-5H3,(H,55,67)(H,56,66)(H,57,68)(H,58,70)(H,59,69)(H,76,77)/p+2/t30-,31-,32+,33-,34-,35-,36-,37-,38-,39-,40-,41-/m0/s1. The number of aliphatic hydroxyl groups is 1. The molecule has 6 aliphatic rings. The number of nitrogens with zero attached hydrogens (tertiary/aromatic N) is 5. The van der Waals surface area contributed by atoms with Crippen molar-refractivity contribution in [2.24, 2.45) is 5.92 Å². The molecule has 0 aliphatic carbocycles. The molecule has 6 aliphatic heterocycles. The minimum absolute atomic E-state index is 0.0653. The minimum atomic E-state index is -1.51. The van der Waals surface area contributed by atoms with E-state index in [0.717, 1.165) is 19.4 Å². The highest BCUT2D eigenvalue weighted by Crippen LogP contribution is 2.28. The number of hydrogen-bond acceptors (Lipinski definition) is 12. The molecule has 0 saturated carbocycles. The van der Waals surface area contributed by atoms with Gasteiger partial charge in [-0.15, -0.1) is 0 Å². The number of aliphatic carboxylic acids is 1. The largest absolute Gasteiger partial charge is 0.480 e. The highest BCUT2D eigenvalue weighted by Gasteiger charge is 2.47. The Balaban J connectivity index is 1.07. The number of amides is 10.